The molecule has 4 rings (SSSR count). The molecule has 1 aliphatic carbocycles. The summed E-state index contributed by atoms with van der Waals surface area (Å²) in [4.78, 5) is 14.4. The zero-order chi connectivity index (χ0) is 20.2. The van der Waals surface area contributed by atoms with E-state index in [0.717, 1.165) is 40.9 Å². The van der Waals surface area contributed by atoms with Crippen molar-refractivity contribution in [2.24, 2.45) is 0 Å². The fourth-order valence-electron chi connectivity index (χ4n) is 3.09. The Morgan fingerprint density at radius 3 is 2.72 bits per heavy atom. The van der Waals surface area contributed by atoms with Crippen LogP contribution >= 0.6 is 11.8 Å². The first-order valence-electron chi connectivity index (χ1n) is 9.59. The molecule has 29 heavy (non-hydrogen) atoms. The minimum absolute atomic E-state index is 0.0475. The van der Waals surface area contributed by atoms with Gasteiger partial charge in [0.1, 0.15) is 17.3 Å². The monoisotopic (exact) mass is 412 g/mol. The van der Waals surface area contributed by atoms with Crippen molar-refractivity contribution >= 4 is 17.7 Å². The van der Waals surface area contributed by atoms with Crippen LogP contribution in [-0.4, -0.2) is 45.5 Å². The molecule has 0 unspecified atom stereocenters. The summed E-state index contributed by atoms with van der Waals surface area (Å²) < 4.78 is 12.8. The van der Waals surface area contributed by atoms with Gasteiger partial charge in [0.15, 0.2) is 5.16 Å². The van der Waals surface area contributed by atoms with E-state index < -0.39 is 0 Å². The zero-order valence-corrected chi connectivity index (χ0v) is 17.4. The van der Waals surface area contributed by atoms with Crippen LogP contribution in [0.25, 0.3) is 0 Å². The van der Waals surface area contributed by atoms with Gasteiger partial charge in [0.2, 0.25) is 5.91 Å². The molecule has 3 aromatic rings. The summed E-state index contributed by atoms with van der Waals surface area (Å²) in [6.07, 6.45) is 3.95. The number of hydrogen-bond acceptors (Lipinski definition) is 6. The smallest absolute Gasteiger partial charge is 0.233 e. The van der Waals surface area contributed by atoms with E-state index in [-0.39, 0.29) is 5.91 Å². The maximum Gasteiger partial charge on any atom is 0.233 e. The first-order chi connectivity index (χ1) is 14.1. The molecular weight excluding hydrogens is 388 g/mol. The molecule has 0 atom stereocenters. The average molecular weight is 413 g/mol. The quantitative estimate of drug-likeness (QED) is 0.501. The molecule has 1 saturated carbocycles. The summed E-state index contributed by atoms with van der Waals surface area (Å²) in [6, 6.07) is 11.6. The normalized spacial score (nSPS) is 13.4. The van der Waals surface area contributed by atoms with Gasteiger partial charge >= 0.3 is 0 Å². The van der Waals surface area contributed by atoms with E-state index in [2.05, 4.69) is 14.8 Å². The molecule has 8 heteroatoms. The fourth-order valence-corrected chi connectivity index (χ4v) is 3.97. The highest BCUT2D eigenvalue weighted by Gasteiger charge is 2.31. The molecular formula is C21H24N4O3S. The van der Waals surface area contributed by atoms with E-state index in [9.17, 15) is 4.79 Å². The third kappa shape index (κ3) is 4.82. The van der Waals surface area contributed by atoms with Crippen LogP contribution in [0.3, 0.4) is 0 Å². The molecule has 2 aromatic heterocycles. The molecule has 0 aliphatic heterocycles. The number of hydrogen-bond donors (Lipinski definition) is 0. The maximum absolute atomic E-state index is 12.6. The minimum Gasteiger partial charge on any atom is -0.497 e. The summed E-state index contributed by atoms with van der Waals surface area (Å²) in [7, 11) is 3.46. The molecule has 1 amide bonds. The van der Waals surface area contributed by atoms with Gasteiger partial charge in [-0.15, -0.1) is 10.2 Å². The van der Waals surface area contributed by atoms with E-state index in [4.69, 9.17) is 9.15 Å². The highest BCUT2D eigenvalue weighted by atomic mass is 32.2. The lowest BCUT2D eigenvalue weighted by atomic mass is 10.2. The molecule has 0 spiro atoms. The summed E-state index contributed by atoms with van der Waals surface area (Å²) in [5, 5.41) is 9.48. The molecule has 7 nitrogen and oxygen atoms in total. The Hall–Kier alpha value is -2.74. The van der Waals surface area contributed by atoms with Crippen molar-refractivity contribution in [3.8, 4) is 5.75 Å². The molecule has 0 N–H and O–H groups in total. The number of thioether (sulfide) groups is 1. The summed E-state index contributed by atoms with van der Waals surface area (Å²) in [6.45, 7) is 1.14. The number of benzene rings is 1. The van der Waals surface area contributed by atoms with Crippen molar-refractivity contribution in [1.29, 1.82) is 0 Å². The maximum atomic E-state index is 12.6. The van der Waals surface area contributed by atoms with Crippen LogP contribution in [0.4, 0.5) is 0 Å². The summed E-state index contributed by atoms with van der Waals surface area (Å²) in [5.74, 6) is 3.49. The third-order valence-electron chi connectivity index (χ3n) is 4.91. The van der Waals surface area contributed by atoms with E-state index in [1.807, 2.05) is 43.4 Å². The Bertz CT molecular complexity index is 949. The van der Waals surface area contributed by atoms with Crippen molar-refractivity contribution in [3.05, 3.63) is 59.8 Å². The fraction of sp³-hybridized carbons (Fsp3) is 0.381. The van der Waals surface area contributed by atoms with Gasteiger partial charge in [-0.3, -0.25) is 9.36 Å². The van der Waals surface area contributed by atoms with Crippen molar-refractivity contribution in [2.45, 2.75) is 37.0 Å². The predicted octanol–water partition coefficient (Wildman–Crippen LogP) is 3.56. The molecule has 2 heterocycles. The highest BCUT2D eigenvalue weighted by Crippen LogP contribution is 2.40. The molecule has 0 saturated heterocycles. The third-order valence-corrected chi connectivity index (χ3v) is 5.86. The number of aromatic nitrogens is 3. The minimum atomic E-state index is 0.0475. The lowest BCUT2D eigenvalue weighted by Gasteiger charge is -2.17. The number of nitrogens with zero attached hydrogens (tertiary/aromatic N) is 4. The van der Waals surface area contributed by atoms with Crippen molar-refractivity contribution in [1.82, 2.24) is 19.7 Å². The van der Waals surface area contributed by atoms with Crippen LogP contribution in [0.2, 0.25) is 0 Å². The number of ether oxygens (including phenoxy) is 1. The number of methoxy groups -OCH3 is 1. The van der Waals surface area contributed by atoms with Gasteiger partial charge in [0.25, 0.3) is 0 Å². The van der Waals surface area contributed by atoms with E-state index in [1.165, 1.54) is 11.8 Å². The van der Waals surface area contributed by atoms with Crippen molar-refractivity contribution in [2.75, 3.05) is 19.9 Å². The number of carbonyl (C=O) groups excluding carboxylic acids is 1. The Kier molecular flexibility index (Phi) is 5.89. The van der Waals surface area contributed by atoms with Crippen LogP contribution in [0.15, 0.2) is 52.2 Å². The Labute approximate surface area is 174 Å². The SMILES string of the molecule is COc1ccc(CN(C)C(=O)CSc2nnc(C3CC3)n2Cc2ccco2)cc1. The first kappa shape index (κ1) is 19.6. The number of amides is 1. The summed E-state index contributed by atoms with van der Waals surface area (Å²) >= 11 is 1.42. The Morgan fingerprint density at radius 2 is 2.07 bits per heavy atom. The van der Waals surface area contributed by atoms with Crippen molar-refractivity contribution < 1.29 is 13.9 Å². The molecule has 0 bridgehead atoms. The number of furan rings is 1. The van der Waals surface area contributed by atoms with Gasteiger partial charge in [-0.25, -0.2) is 0 Å². The zero-order valence-electron chi connectivity index (χ0n) is 16.6. The lowest BCUT2D eigenvalue weighted by Crippen LogP contribution is -2.27. The van der Waals surface area contributed by atoms with Gasteiger partial charge in [-0.1, -0.05) is 23.9 Å². The van der Waals surface area contributed by atoms with Crippen molar-refractivity contribution in [3.63, 3.8) is 0 Å². The van der Waals surface area contributed by atoms with E-state index in [1.54, 1.807) is 18.3 Å². The second-order valence-corrected chi connectivity index (χ2v) is 8.11. The second kappa shape index (κ2) is 8.73. The molecule has 152 valence electrons. The first-order valence-corrected chi connectivity index (χ1v) is 10.6. The van der Waals surface area contributed by atoms with Gasteiger partial charge in [0.05, 0.1) is 25.7 Å². The summed E-state index contributed by atoms with van der Waals surface area (Å²) in [5.41, 5.74) is 1.06. The van der Waals surface area contributed by atoms with Gasteiger partial charge in [-0.2, -0.15) is 0 Å². The van der Waals surface area contributed by atoms with Gasteiger partial charge in [0, 0.05) is 19.5 Å². The standard InChI is InChI=1S/C21H24N4O3S/c1-24(12-15-5-9-17(27-2)10-6-15)19(26)14-29-21-23-22-20(16-7-8-16)25(21)13-18-4-3-11-28-18/h3-6,9-11,16H,7-8,12-14H2,1-2H3. The number of carbonyl (C=O) groups is 1. The van der Waals surface area contributed by atoms with E-state index >= 15 is 0 Å². The van der Waals surface area contributed by atoms with Crippen LogP contribution < -0.4 is 4.74 Å². The predicted molar refractivity (Wildman–Crippen MR) is 110 cm³/mol. The van der Waals surface area contributed by atoms with E-state index in [0.29, 0.717) is 24.8 Å². The molecule has 1 aliphatic rings. The van der Waals surface area contributed by atoms with Gasteiger partial charge < -0.3 is 14.1 Å². The average Bonchev–Trinajstić information content (AvgIpc) is 3.30. The largest absolute Gasteiger partial charge is 0.497 e. The van der Waals surface area contributed by atoms with Crippen LogP contribution in [0.5, 0.6) is 5.75 Å². The molecule has 0 radical (unpaired) electrons. The highest BCUT2D eigenvalue weighted by molar-refractivity contribution is 7.99. The molecule has 1 aromatic carbocycles. The Balaban J connectivity index is 1.38. The lowest BCUT2D eigenvalue weighted by molar-refractivity contribution is -0.127. The Morgan fingerprint density at radius 1 is 1.28 bits per heavy atom. The van der Waals surface area contributed by atoms with Gasteiger partial charge in [-0.05, 0) is 42.7 Å². The topological polar surface area (TPSA) is 73.4 Å². The van der Waals surface area contributed by atoms with Crippen LogP contribution in [0.1, 0.15) is 35.9 Å². The second-order valence-electron chi connectivity index (χ2n) is 7.17. The van der Waals surface area contributed by atoms with Crippen LogP contribution in [-0.2, 0) is 17.9 Å². The number of rotatable bonds is 9. The van der Waals surface area contributed by atoms with Crippen LogP contribution in [0, 0.1) is 0 Å². The molecule has 1 fully saturated rings.